The maximum absolute atomic E-state index is 12.0. The van der Waals surface area contributed by atoms with Crippen molar-refractivity contribution in [2.75, 3.05) is 5.32 Å². The Hall–Kier alpha value is -2.79. The second-order valence-corrected chi connectivity index (χ2v) is 4.26. The molecule has 0 spiro atoms. The minimum Gasteiger partial charge on any atom is -0.387 e. The molecule has 1 atom stereocenters. The van der Waals surface area contributed by atoms with Crippen molar-refractivity contribution in [3.63, 3.8) is 0 Å². The van der Waals surface area contributed by atoms with E-state index in [-0.39, 0.29) is 11.6 Å². The summed E-state index contributed by atoms with van der Waals surface area (Å²) < 4.78 is 0. The molecule has 1 rings (SSSR count). The van der Waals surface area contributed by atoms with Crippen molar-refractivity contribution in [1.29, 1.82) is 10.5 Å². The Kier molecular flexibility index (Phi) is 5.80. The number of hydrogen-bond acceptors (Lipinski definition) is 4. The van der Waals surface area contributed by atoms with Crippen LogP contribution >= 0.6 is 0 Å². The first kappa shape index (κ1) is 15.3. The van der Waals surface area contributed by atoms with Gasteiger partial charge in [0, 0.05) is 12.2 Å². The van der Waals surface area contributed by atoms with Gasteiger partial charge in [-0.1, -0.05) is 19.1 Å². The van der Waals surface area contributed by atoms with Crippen LogP contribution in [0.3, 0.4) is 0 Å². The molecule has 0 saturated heterocycles. The van der Waals surface area contributed by atoms with Gasteiger partial charge >= 0.3 is 0 Å². The molecule has 5 heteroatoms. The van der Waals surface area contributed by atoms with Crippen LogP contribution in [0.25, 0.3) is 0 Å². The first-order valence-corrected chi connectivity index (χ1v) is 6.29. The van der Waals surface area contributed by atoms with E-state index >= 15 is 0 Å². The average molecular weight is 268 g/mol. The van der Waals surface area contributed by atoms with Crippen molar-refractivity contribution in [3.8, 4) is 12.1 Å². The van der Waals surface area contributed by atoms with Crippen molar-refractivity contribution >= 4 is 11.6 Å². The second kappa shape index (κ2) is 7.60. The Morgan fingerprint density at radius 1 is 1.40 bits per heavy atom. The Bertz CT molecular complexity index is 593. The van der Waals surface area contributed by atoms with E-state index in [4.69, 9.17) is 10.5 Å². The standard InChI is InChI=1S/C15H16N4O/c1-3-11(2)18-10-13(9-17)15(20)19-14-7-5-4-6-12(14)8-16/h4-7,10-11,18H,3H2,1-2H3,(H,19,20)/b13-10-. The highest BCUT2D eigenvalue weighted by molar-refractivity contribution is 6.07. The Labute approximate surface area is 118 Å². The Morgan fingerprint density at radius 2 is 2.10 bits per heavy atom. The molecule has 0 radical (unpaired) electrons. The van der Waals surface area contributed by atoms with E-state index in [9.17, 15) is 4.79 Å². The predicted octanol–water partition coefficient (Wildman–Crippen LogP) is 2.29. The van der Waals surface area contributed by atoms with Gasteiger partial charge in [-0.3, -0.25) is 4.79 Å². The summed E-state index contributed by atoms with van der Waals surface area (Å²) in [5.74, 6) is -0.536. The van der Waals surface area contributed by atoms with Crippen molar-refractivity contribution in [3.05, 3.63) is 41.6 Å². The van der Waals surface area contributed by atoms with Gasteiger partial charge < -0.3 is 10.6 Å². The first-order valence-electron chi connectivity index (χ1n) is 6.29. The van der Waals surface area contributed by atoms with E-state index < -0.39 is 5.91 Å². The smallest absolute Gasteiger partial charge is 0.267 e. The molecule has 1 aromatic rings. The second-order valence-electron chi connectivity index (χ2n) is 4.26. The average Bonchev–Trinajstić information content (AvgIpc) is 2.48. The van der Waals surface area contributed by atoms with Crippen LogP contribution in [0, 0.1) is 22.7 Å². The van der Waals surface area contributed by atoms with Gasteiger partial charge in [0.05, 0.1) is 11.3 Å². The SMILES string of the molecule is CCC(C)N/C=C(/C#N)C(=O)Nc1ccccc1C#N. The molecule has 0 saturated carbocycles. The third-order valence-corrected chi connectivity index (χ3v) is 2.79. The molecule has 2 N–H and O–H groups in total. The fourth-order valence-corrected chi connectivity index (χ4v) is 1.37. The number of carbonyl (C=O) groups is 1. The zero-order valence-corrected chi connectivity index (χ0v) is 11.5. The van der Waals surface area contributed by atoms with Gasteiger partial charge in [-0.05, 0) is 25.5 Å². The molecular weight excluding hydrogens is 252 g/mol. The molecule has 1 amide bonds. The van der Waals surface area contributed by atoms with Crippen LogP contribution in [0.1, 0.15) is 25.8 Å². The number of benzene rings is 1. The Morgan fingerprint density at radius 3 is 2.70 bits per heavy atom. The maximum atomic E-state index is 12.0. The lowest BCUT2D eigenvalue weighted by atomic mass is 10.2. The zero-order chi connectivity index (χ0) is 15.0. The molecule has 0 heterocycles. The summed E-state index contributed by atoms with van der Waals surface area (Å²) in [5.41, 5.74) is 0.718. The summed E-state index contributed by atoms with van der Waals surface area (Å²) in [4.78, 5) is 12.0. The minimum atomic E-state index is -0.536. The van der Waals surface area contributed by atoms with Gasteiger partial charge in [-0.2, -0.15) is 10.5 Å². The molecular formula is C15H16N4O. The van der Waals surface area contributed by atoms with E-state index in [2.05, 4.69) is 10.6 Å². The van der Waals surface area contributed by atoms with Gasteiger partial charge in [0.1, 0.15) is 17.7 Å². The van der Waals surface area contributed by atoms with E-state index in [0.717, 1.165) is 6.42 Å². The van der Waals surface area contributed by atoms with E-state index in [1.165, 1.54) is 6.20 Å². The lowest BCUT2D eigenvalue weighted by Gasteiger charge is -2.09. The lowest BCUT2D eigenvalue weighted by molar-refractivity contribution is -0.112. The lowest BCUT2D eigenvalue weighted by Crippen LogP contribution is -2.22. The third kappa shape index (κ3) is 4.15. The molecule has 1 aromatic carbocycles. The molecule has 0 fully saturated rings. The summed E-state index contributed by atoms with van der Waals surface area (Å²) in [5, 5.41) is 23.5. The van der Waals surface area contributed by atoms with Gasteiger partial charge in [0.15, 0.2) is 0 Å². The highest BCUT2D eigenvalue weighted by Gasteiger charge is 2.11. The van der Waals surface area contributed by atoms with Crippen molar-refractivity contribution in [2.45, 2.75) is 26.3 Å². The van der Waals surface area contributed by atoms with Crippen LogP contribution in [0.2, 0.25) is 0 Å². The number of nitrogens with zero attached hydrogens (tertiary/aromatic N) is 2. The number of amides is 1. The quantitative estimate of drug-likeness (QED) is 0.633. The number of nitrogens with one attached hydrogen (secondary N) is 2. The number of para-hydroxylation sites is 1. The molecule has 0 aromatic heterocycles. The van der Waals surface area contributed by atoms with Crippen molar-refractivity contribution in [1.82, 2.24) is 5.32 Å². The van der Waals surface area contributed by atoms with Gasteiger partial charge in [0.25, 0.3) is 5.91 Å². The molecule has 102 valence electrons. The normalized spacial score (nSPS) is 11.9. The Balaban J connectivity index is 2.84. The third-order valence-electron chi connectivity index (χ3n) is 2.79. The number of carbonyl (C=O) groups excluding carboxylic acids is 1. The largest absolute Gasteiger partial charge is 0.387 e. The highest BCUT2D eigenvalue weighted by atomic mass is 16.1. The number of rotatable bonds is 5. The fourth-order valence-electron chi connectivity index (χ4n) is 1.37. The van der Waals surface area contributed by atoms with Crippen LogP contribution in [-0.4, -0.2) is 11.9 Å². The van der Waals surface area contributed by atoms with Crippen molar-refractivity contribution < 1.29 is 4.79 Å². The van der Waals surface area contributed by atoms with E-state index in [1.54, 1.807) is 24.3 Å². The molecule has 0 bridgehead atoms. The van der Waals surface area contributed by atoms with E-state index in [0.29, 0.717) is 11.3 Å². The van der Waals surface area contributed by atoms with Crippen LogP contribution < -0.4 is 10.6 Å². The number of anilines is 1. The molecule has 5 nitrogen and oxygen atoms in total. The zero-order valence-electron chi connectivity index (χ0n) is 11.5. The monoisotopic (exact) mass is 268 g/mol. The van der Waals surface area contributed by atoms with Gasteiger partial charge in [-0.25, -0.2) is 0 Å². The molecule has 0 aliphatic heterocycles. The van der Waals surface area contributed by atoms with Gasteiger partial charge in [-0.15, -0.1) is 0 Å². The summed E-state index contributed by atoms with van der Waals surface area (Å²) in [6.07, 6.45) is 2.28. The van der Waals surface area contributed by atoms with Crippen LogP contribution in [0.15, 0.2) is 36.0 Å². The van der Waals surface area contributed by atoms with Crippen LogP contribution in [-0.2, 0) is 4.79 Å². The van der Waals surface area contributed by atoms with Crippen LogP contribution in [0.4, 0.5) is 5.69 Å². The fraction of sp³-hybridized carbons (Fsp3) is 0.267. The van der Waals surface area contributed by atoms with Crippen molar-refractivity contribution in [2.24, 2.45) is 0 Å². The molecule has 0 aliphatic carbocycles. The highest BCUT2D eigenvalue weighted by Crippen LogP contribution is 2.14. The summed E-state index contributed by atoms with van der Waals surface area (Å²) in [6, 6.07) is 10.6. The molecule has 1 unspecified atom stereocenters. The first-order chi connectivity index (χ1) is 9.62. The molecule has 20 heavy (non-hydrogen) atoms. The predicted molar refractivity (Wildman–Crippen MR) is 76.4 cm³/mol. The molecule has 0 aliphatic rings. The van der Waals surface area contributed by atoms with Gasteiger partial charge in [0.2, 0.25) is 0 Å². The minimum absolute atomic E-state index is 0.0296. The summed E-state index contributed by atoms with van der Waals surface area (Å²) >= 11 is 0. The topological polar surface area (TPSA) is 88.7 Å². The summed E-state index contributed by atoms with van der Waals surface area (Å²) in [6.45, 7) is 3.95. The van der Waals surface area contributed by atoms with E-state index in [1.807, 2.05) is 26.0 Å². The number of nitriles is 2. The number of hydrogen-bond donors (Lipinski definition) is 2. The van der Waals surface area contributed by atoms with Crippen LogP contribution in [0.5, 0.6) is 0 Å². The summed E-state index contributed by atoms with van der Waals surface area (Å²) in [7, 11) is 0. The maximum Gasteiger partial charge on any atom is 0.267 e.